The SMILES string of the molecule is C.C.C.CC1CCC(CC2CCC(CC3CCC(C)CC3)CC2)CC1.N.[HH]. The predicted molar refractivity (Wildman–Crippen MR) is 124 cm³/mol. The van der Waals surface area contributed by atoms with E-state index in [0.29, 0.717) is 0 Å². The molecular weight excluding hydrogens is 314 g/mol. The summed E-state index contributed by atoms with van der Waals surface area (Å²) in [4.78, 5) is 0. The monoisotopic (exact) mass is 371 g/mol. The maximum atomic E-state index is 2.45. The second-order valence-electron chi connectivity index (χ2n) is 9.61. The molecule has 0 amide bonds. The fraction of sp³-hybridized carbons (Fsp3) is 1.00. The minimum atomic E-state index is 0. The van der Waals surface area contributed by atoms with Crippen molar-refractivity contribution in [3.8, 4) is 0 Å². The average molecular weight is 372 g/mol. The summed E-state index contributed by atoms with van der Waals surface area (Å²) in [6.45, 7) is 4.90. The normalized spacial score (nSPS) is 37.2. The van der Waals surface area contributed by atoms with Crippen LogP contribution in [0.3, 0.4) is 0 Å². The van der Waals surface area contributed by atoms with Gasteiger partial charge in [0.05, 0.1) is 0 Å². The van der Waals surface area contributed by atoms with Gasteiger partial charge in [-0.1, -0.05) is 113 Å². The molecule has 0 radical (unpaired) electrons. The summed E-state index contributed by atoms with van der Waals surface area (Å²) in [6.07, 6.45) is 21.7. The molecule has 3 N–H and O–H groups in total. The predicted octanol–water partition coefficient (Wildman–Crippen LogP) is 9.54. The van der Waals surface area contributed by atoms with Crippen molar-refractivity contribution in [2.75, 3.05) is 0 Å². The van der Waals surface area contributed by atoms with Gasteiger partial charge in [-0.2, -0.15) is 0 Å². The summed E-state index contributed by atoms with van der Waals surface area (Å²) in [6, 6.07) is 0. The Balaban J connectivity index is -0.00000115. The maximum absolute atomic E-state index is 2.45. The van der Waals surface area contributed by atoms with Gasteiger partial charge in [0.2, 0.25) is 0 Å². The summed E-state index contributed by atoms with van der Waals surface area (Å²) >= 11 is 0. The van der Waals surface area contributed by atoms with Gasteiger partial charge >= 0.3 is 0 Å². The Morgan fingerprint density at radius 2 is 0.654 bits per heavy atom. The minimum absolute atomic E-state index is 0. The average Bonchev–Trinajstić information content (AvgIpc) is 2.54. The molecule has 0 bridgehead atoms. The quantitative estimate of drug-likeness (QED) is 0.524. The van der Waals surface area contributed by atoms with Crippen LogP contribution in [-0.2, 0) is 0 Å². The Kier molecular flexibility index (Phi) is 15.2. The van der Waals surface area contributed by atoms with Crippen LogP contribution in [0, 0.1) is 35.5 Å². The molecule has 0 aromatic heterocycles. The number of rotatable bonds is 4. The van der Waals surface area contributed by atoms with E-state index in [1.165, 1.54) is 25.7 Å². The molecule has 0 spiro atoms. The Hall–Kier alpha value is -0.0400. The van der Waals surface area contributed by atoms with E-state index in [9.17, 15) is 0 Å². The molecule has 0 aromatic rings. The van der Waals surface area contributed by atoms with Crippen LogP contribution < -0.4 is 6.15 Å². The first-order chi connectivity index (χ1) is 10.7. The summed E-state index contributed by atoms with van der Waals surface area (Å²) < 4.78 is 0. The molecule has 26 heavy (non-hydrogen) atoms. The molecule has 0 aromatic carbocycles. The molecule has 1 heteroatoms. The van der Waals surface area contributed by atoms with Crippen molar-refractivity contribution in [2.24, 2.45) is 35.5 Å². The van der Waals surface area contributed by atoms with Crippen molar-refractivity contribution in [2.45, 2.75) is 126 Å². The molecule has 3 aliphatic carbocycles. The van der Waals surface area contributed by atoms with Crippen molar-refractivity contribution >= 4 is 0 Å². The second-order valence-corrected chi connectivity index (χ2v) is 9.61. The minimum Gasteiger partial charge on any atom is -0.344 e. The van der Waals surface area contributed by atoms with Crippen LogP contribution in [0.2, 0.25) is 0 Å². The first-order valence-corrected chi connectivity index (χ1v) is 10.7. The van der Waals surface area contributed by atoms with E-state index < -0.39 is 0 Å². The lowest BCUT2D eigenvalue weighted by molar-refractivity contribution is 0.168. The zero-order valence-corrected chi connectivity index (χ0v) is 16.1. The topological polar surface area (TPSA) is 35.0 Å². The van der Waals surface area contributed by atoms with Crippen LogP contribution in [-0.4, -0.2) is 0 Å². The van der Waals surface area contributed by atoms with Crippen molar-refractivity contribution in [1.82, 2.24) is 6.15 Å². The summed E-state index contributed by atoms with van der Waals surface area (Å²) in [5.41, 5.74) is 0. The smallest absolute Gasteiger partial charge is 0 e. The van der Waals surface area contributed by atoms with Gasteiger partial charge < -0.3 is 6.15 Å². The fourth-order valence-electron chi connectivity index (χ4n) is 5.78. The van der Waals surface area contributed by atoms with Crippen molar-refractivity contribution in [1.29, 1.82) is 0 Å². The largest absolute Gasteiger partial charge is 0.344 e. The zero-order chi connectivity index (χ0) is 15.4. The van der Waals surface area contributed by atoms with Gasteiger partial charge in [0.15, 0.2) is 0 Å². The molecule has 3 saturated carbocycles. The molecule has 0 unspecified atom stereocenters. The summed E-state index contributed by atoms with van der Waals surface area (Å²) in [5.74, 6) is 6.42. The Labute approximate surface area is 169 Å². The Morgan fingerprint density at radius 3 is 0.885 bits per heavy atom. The third-order valence-electron chi connectivity index (χ3n) is 7.57. The molecular formula is C25H57N. The van der Waals surface area contributed by atoms with Gasteiger partial charge in [-0.25, -0.2) is 0 Å². The summed E-state index contributed by atoms with van der Waals surface area (Å²) in [7, 11) is 0. The van der Waals surface area contributed by atoms with E-state index in [1.807, 2.05) is 0 Å². The van der Waals surface area contributed by atoms with Crippen molar-refractivity contribution in [3.63, 3.8) is 0 Å². The van der Waals surface area contributed by atoms with Gasteiger partial charge in [-0.15, -0.1) is 0 Å². The molecule has 0 saturated heterocycles. The maximum Gasteiger partial charge on any atom is 0 e. The van der Waals surface area contributed by atoms with Crippen LogP contribution in [0.5, 0.6) is 0 Å². The highest BCUT2D eigenvalue weighted by atomic mass is 14.3. The van der Waals surface area contributed by atoms with E-state index in [0.717, 1.165) is 35.5 Å². The van der Waals surface area contributed by atoms with Gasteiger partial charge in [0.25, 0.3) is 0 Å². The lowest BCUT2D eigenvalue weighted by atomic mass is 9.70. The first kappa shape index (κ1) is 28.2. The highest BCUT2D eigenvalue weighted by molar-refractivity contribution is 4.80. The zero-order valence-electron chi connectivity index (χ0n) is 16.1. The van der Waals surface area contributed by atoms with E-state index in [-0.39, 0.29) is 29.9 Å². The molecule has 3 aliphatic rings. The third-order valence-corrected chi connectivity index (χ3v) is 7.57. The van der Waals surface area contributed by atoms with E-state index in [2.05, 4.69) is 13.8 Å². The van der Waals surface area contributed by atoms with E-state index in [4.69, 9.17) is 0 Å². The molecule has 3 fully saturated rings. The van der Waals surface area contributed by atoms with Crippen molar-refractivity contribution < 1.29 is 1.43 Å². The van der Waals surface area contributed by atoms with Crippen molar-refractivity contribution in [3.05, 3.63) is 0 Å². The van der Waals surface area contributed by atoms with Gasteiger partial charge in [-0.3, -0.25) is 0 Å². The van der Waals surface area contributed by atoms with Crippen LogP contribution >= 0.6 is 0 Å². The Bertz CT molecular complexity index is 276. The second kappa shape index (κ2) is 14.0. The number of hydrogen-bond acceptors (Lipinski definition) is 1. The standard InChI is InChI=1S/C22H40.3CH4.H3N.H2/c1-17-3-7-19(8-4-17)15-21-11-13-22(14-12-21)16-20-9-5-18(2)6-10-20;;;;;/h17-22H,3-16H2,1-2H3;3*1H4;1H3;1H. The molecule has 0 atom stereocenters. The lowest BCUT2D eigenvalue weighted by Gasteiger charge is -2.35. The fourth-order valence-corrected chi connectivity index (χ4v) is 5.78. The molecule has 162 valence electrons. The third kappa shape index (κ3) is 8.77. The molecule has 0 heterocycles. The molecule has 0 aliphatic heterocycles. The highest BCUT2D eigenvalue weighted by Gasteiger charge is 2.28. The van der Waals surface area contributed by atoms with E-state index in [1.54, 1.807) is 64.2 Å². The summed E-state index contributed by atoms with van der Waals surface area (Å²) in [5, 5.41) is 0. The molecule has 1 nitrogen and oxygen atoms in total. The van der Waals surface area contributed by atoms with Crippen LogP contribution in [0.1, 0.15) is 127 Å². The first-order valence-electron chi connectivity index (χ1n) is 10.7. The van der Waals surface area contributed by atoms with Gasteiger partial charge in [0.1, 0.15) is 0 Å². The van der Waals surface area contributed by atoms with Crippen LogP contribution in [0.15, 0.2) is 0 Å². The van der Waals surface area contributed by atoms with Gasteiger partial charge in [0, 0.05) is 1.43 Å². The van der Waals surface area contributed by atoms with Gasteiger partial charge in [-0.05, 0) is 48.3 Å². The van der Waals surface area contributed by atoms with Crippen LogP contribution in [0.4, 0.5) is 0 Å². The lowest BCUT2D eigenvalue weighted by Crippen LogP contribution is -2.22. The Morgan fingerprint density at radius 1 is 0.462 bits per heavy atom. The number of hydrogen-bond donors (Lipinski definition) is 1. The van der Waals surface area contributed by atoms with Crippen LogP contribution in [0.25, 0.3) is 0 Å². The van der Waals surface area contributed by atoms with E-state index >= 15 is 0 Å². The highest BCUT2D eigenvalue weighted by Crippen LogP contribution is 2.41. The molecule has 3 rings (SSSR count).